The summed E-state index contributed by atoms with van der Waals surface area (Å²) in [6.07, 6.45) is 7.39. The van der Waals surface area contributed by atoms with Gasteiger partial charge in [-0.1, -0.05) is 50.6 Å². The van der Waals surface area contributed by atoms with Gasteiger partial charge in [0.1, 0.15) is 32.4 Å². The molecule has 254 valence electrons. The molecule has 3 N–H and O–H groups in total. The molecule has 4 unspecified atom stereocenters. The van der Waals surface area contributed by atoms with Crippen LogP contribution in [0.15, 0.2) is 42.0 Å². The smallest absolute Gasteiger partial charge is 0.407 e. The molecule has 1 aliphatic rings. The van der Waals surface area contributed by atoms with Crippen LogP contribution in [0, 0.1) is 5.92 Å². The molecule has 0 radical (unpaired) electrons. The second kappa shape index (κ2) is 19.9. The molecular formula is C34H53N6O5S+. The minimum Gasteiger partial charge on any atom is -0.444 e. The number of nitrogens with zero attached hydrogens (tertiary/aromatic N) is 3. The molecule has 2 aromatic rings. The maximum Gasteiger partial charge on any atom is 0.407 e. The lowest BCUT2D eigenvalue weighted by molar-refractivity contribution is -0.534. The highest BCUT2D eigenvalue weighted by Gasteiger charge is 2.28. The molecule has 1 aliphatic heterocycles. The van der Waals surface area contributed by atoms with Gasteiger partial charge in [-0.3, -0.25) is 9.78 Å². The number of urea groups is 1. The van der Waals surface area contributed by atoms with Crippen LogP contribution in [0.4, 0.5) is 9.59 Å². The average Bonchev–Trinajstić information content (AvgIpc) is 3.58. The van der Waals surface area contributed by atoms with Crippen molar-refractivity contribution < 1.29 is 28.4 Å². The van der Waals surface area contributed by atoms with Crippen LogP contribution in [0.3, 0.4) is 0 Å². The third kappa shape index (κ3) is 13.5. The monoisotopic (exact) mass is 657 g/mol. The maximum absolute atomic E-state index is 13.8. The maximum atomic E-state index is 13.8. The highest BCUT2D eigenvalue weighted by atomic mass is 32.1. The zero-order chi connectivity index (χ0) is 33.3. The van der Waals surface area contributed by atoms with Gasteiger partial charge in [0.25, 0.3) is 0 Å². The second-order valence-corrected chi connectivity index (χ2v) is 13.4. The van der Waals surface area contributed by atoms with Crippen LogP contribution in [-0.2, 0) is 27.3 Å². The van der Waals surface area contributed by atoms with Crippen LogP contribution in [0.1, 0.15) is 70.2 Å². The van der Waals surface area contributed by atoms with Crippen molar-refractivity contribution in [1.82, 2.24) is 25.8 Å². The third-order valence-corrected chi connectivity index (χ3v) is 9.21. The van der Waals surface area contributed by atoms with Crippen LogP contribution in [-0.4, -0.2) is 96.2 Å². The molecule has 1 aromatic carbocycles. The molecule has 0 fully saturated rings. The van der Waals surface area contributed by atoms with Gasteiger partial charge in [-0.15, -0.1) is 11.3 Å². The highest BCUT2D eigenvalue weighted by molar-refractivity contribution is 7.09. The summed E-state index contributed by atoms with van der Waals surface area (Å²) in [5.74, 6) is 0.196. The van der Waals surface area contributed by atoms with Crippen molar-refractivity contribution in [2.24, 2.45) is 5.92 Å². The third-order valence-electron chi connectivity index (χ3n) is 8.46. The summed E-state index contributed by atoms with van der Waals surface area (Å²) in [7, 11) is 1.73. The van der Waals surface area contributed by atoms with Gasteiger partial charge in [0, 0.05) is 37.8 Å². The largest absolute Gasteiger partial charge is 0.444 e. The van der Waals surface area contributed by atoms with Crippen LogP contribution in [0.2, 0.25) is 0 Å². The molecule has 12 heteroatoms. The van der Waals surface area contributed by atoms with E-state index in [0.29, 0.717) is 51.4 Å². The first-order valence-corrected chi connectivity index (χ1v) is 17.4. The Morgan fingerprint density at radius 2 is 1.83 bits per heavy atom. The van der Waals surface area contributed by atoms with E-state index >= 15 is 0 Å². The fourth-order valence-electron chi connectivity index (χ4n) is 5.15. The Bertz CT molecular complexity index is 1230. The number of carbonyl (C=O) groups is 3. The van der Waals surface area contributed by atoms with E-state index < -0.39 is 12.1 Å². The molecule has 4 amide bonds. The van der Waals surface area contributed by atoms with Gasteiger partial charge in [0.05, 0.1) is 10.4 Å². The second-order valence-electron chi connectivity index (χ2n) is 12.4. The lowest BCUT2D eigenvalue weighted by Gasteiger charge is -2.29. The van der Waals surface area contributed by atoms with E-state index in [0.717, 1.165) is 29.8 Å². The Morgan fingerprint density at radius 3 is 2.48 bits per heavy atom. The normalized spacial score (nSPS) is 15.7. The zero-order valence-electron chi connectivity index (χ0n) is 28.1. The van der Waals surface area contributed by atoms with Crippen molar-refractivity contribution in [2.75, 3.05) is 33.4 Å². The number of thiazole rings is 1. The van der Waals surface area contributed by atoms with Gasteiger partial charge in [-0.05, 0) is 51.0 Å². The summed E-state index contributed by atoms with van der Waals surface area (Å²) in [5, 5.41) is 9.33. The highest BCUT2D eigenvalue weighted by Crippen LogP contribution is 2.17. The molecule has 3 rings (SSSR count). The van der Waals surface area contributed by atoms with Gasteiger partial charge in [-0.2, -0.15) is 0 Å². The Hall–Kier alpha value is -3.51. The summed E-state index contributed by atoms with van der Waals surface area (Å²) in [5.41, 5.74) is 2.81. The Balaban J connectivity index is 1.70. The molecule has 11 nitrogen and oxygen atoms in total. The van der Waals surface area contributed by atoms with Crippen LogP contribution in [0.5, 0.6) is 0 Å². The fourth-order valence-corrected chi connectivity index (χ4v) is 5.66. The predicted molar refractivity (Wildman–Crippen MR) is 181 cm³/mol. The molecule has 0 saturated carbocycles. The fraction of sp³-hybridized carbons (Fsp3) is 0.618. The summed E-state index contributed by atoms with van der Waals surface area (Å²) in [4.78, 5) is 46.2. The van der Waals surface area contributed by atoms with E-state index in [-0.39, 0.29) is 36.7 Å². The van der Waals surface area contributed by atoms with Crippen molar-refractivity contribution in [2.45, 2.75) is 97.0 Å². The summed E-state index contributed by atoms with van der Waals surface area (Å²) >= 11 is 1.44. The molecule has 0 spiro atoms. The standard InChI is InChI=1S/C34H52N6O5S/c1-6-26(4)20-28(36-32(41)31(38-33(42)39(5)25(2)3)14-15-40-16-18-44-19-17-40)12-13-29(21-27-10-8-7-9-11-27)37-34(43)45-23-30-22-35-24-46-30/h7-11,16,22,24-26,28-29,31H,6,12-15,17-21,23H2,1-5H3,(H2-,36,37,38,41,42,43)/p+1. The summed E-state index contributed by atoms with van der Waals surface area (Å²) in [6.45, 7) is 11.0. The predicted octanol–water partition coefficient (Wildman–Crippen LogP) is 4.60. The molecule has 0 bridgehead atoms. The number of hydrogen-bond donors (Lipinski definition) is 3. The number of carbonyl (C=O) groups excluding carboxylic acids is 3. The van der Waals surface area contributed by atoms with E-state index in [1.54, 1.807) is 23.7 Å². The van der Waals surface area contributed by atoms with E-state index in [9.17, 15) is 14.4 Å². The van der Waals surface area contributed by atoms with Crippen molar-refractivity contribution in [1.29, 1.82) is 0 Å². The van der Waals surface area contributed by atoms with Gasteiger partial charge < -0.3 is 30.3 Å². The minimum atomic E-state index is -0.690. The molecule has 0 aliphatic carbocycles. The van der Waals surface area contributed by atoms with E-state index in [1.165, 1.54) is 11.3 Å². The molecule has 46 heavy (non-hydrogen) atoms. The quantitative estimate of drug-likeness (QED) is 0.201. The van der Waals surface area contributed by atoms with Crippen molar-refractivity contribution in [3.8, 4) is 0 Å². The van der Waals surface area contributed by atoms with Crippen molar-refractivity contribution in [3.63, 3.8) is 0 Å². The first-order chi connectivity index (χ1) is 22.1. The summed E-state index contributed by atoms with van der Waals surface area (Å²) < 4.78 is 13.1. The number of ether oxygens (including phenoxy) is 2. The molecule has 0 saturated heterocycles. The van der Waals surface area contributed by atoms with Gasteiger partial charge in [-0.25, -0.2) is 14.2 Å². The van der Waals surface area contributed by atoms with Crippen LogP contribution < -0.4 is 16.0 Å². The lowest BCUT2D eigenvalue weighted by atomic mass is 9.93. The number of nitrogens with one attached hydrogen (secondary N) is 3. The zero-order valence-corrected chi connectivity index (χ0v) is 28.9. The van der Waals surface area contributed by atoms with E-state index in [2.05, 4.69) is 39.4 Å². The lowest BCUT2D eigenvalue weighted by Crippen LogP contribution is -2.54. The average molecular weight is 658 g/mol. The number of amides is 4. The van der Waals surface area contributed by atoms with Gasteiger partial charge in [0.15, 0.2) is 12.8 Å². The first-order valence-electron chi connectivity index (χ1n) is 16.5. The number of aromatic nitrogens is 1. The van der Waals surface area contributed by atoms with E-state index in [4.69, 9.17) is 9.47 Å². The van der Waals surface area contributed by atoms with Gasteiger partial charge in [0.2, 0.25) is 5.91 Å². The molecule has 1 aromatic heterocycles. The Morgan fingerprint density at radius 1 is 1.07 bits per heavy atom. The van der Waals surface area contributed by atoms with Crippen molar-refractivity contribution >= 4 is 35.6 Å². The Kier molecular flexibility index (Phi) is 16.0. The number of rotatable bonds is 18. The van der Waals surface area contributed by atoms with Crippen LogP contribution >= 0.6 is 11.3 Å². The van der Waals surface area contributed by atoms with E-state index in [1.807, 2.05) is 50.4 Å². The topological polar surface area (TPSA) is 125 Å². The molecule has 2 heterocycles. The molecule has 4 atom stereocenters. The SMILES string of the molecule is CCC(C)CC(CCC(Cc1ccccc1)NC(=O)OCc1cncs1)NC(=O)C(CC[N+]1=CCOCC1)NC(=O)N(C)C(C)C. The minimum absolute atomic E-state index is 0.00263. The number of hydrogen-bond acceptors (Lipinski definition) is 7. The summed E-state index contributed by atoms with van der Waals surface area (Å²) in [6, 6.07) is 8.74. The van der Waals surface area contributed by atoms with Crippen LogP contribution in [0.25, 0.3) is 0 Å². The number of benzene rings is 1. The molecular weight excluding hydrogens is 604 g/mol. The number of alkyl carbamates (subject to hydrolysis) is 1. The van der Waals surface area contributed by atoms with Crippen molar-refractivity contribution in [3.05, 3.63) is 52.5 Å². The van der Waals surface area contributed by atoms with Gasteiger partial charge >= 0.3 is 12.1 Å². The first kappa shape index (κ1) is 37.0. The Labute approximate surface area is 278 Å².